The molecule has 0 saturated carbocycles. The van der Waals surface area contributed by atoms with Gasteiger partial charge in [-0.05, 0) is 43.3 Å². The van der Waals surface area contributed by atoms with E-state index in [1.54, 1.807) is 43.5 Å². The summed E-state index contributed by atoms with van der Waals surface area (Å²) >= 11 is 0. The summed E-state index contributed by atoms with van der Waals surface area (Å²) in [5.74, 6) is 1.76. The van der Waals surface area contributed by atoms with Crippen LogP contribution in [0.5, 0.6) is 23.0 Å². The molecule has 0 fully saturated rings. The van der Waals surface area contributed by atoms with Crippen molar-refractivity contribution in [1.82, 2.24) is 0 Å². The zero-order valence-electron chi connectivity index (χ0n) is 14.9. The lowest BCUT2D eigenvalue weighted by molar-refractivity contribution is -0.112. The number of nitrogens with zero attached hydrogens (tertiary/aromatic N) is 1. The van der Waals surface area contributed by atoms with Crippen LogP contribution in [0.15, 0.2) is 42.0 Å². The van der Waals surface area contributed by atoms with Gasteiger partial charge in [0.2, 0.25) is 6.79 Å². The first-order chi connectivity index (χ1) is 13.1. The maximum Gasteiger partial charge on any atom is 0.266 e. The summed E-state index contributed by atoms with van der Waals surface area (Å²) in [7, 11) is 1.56. The van der Waals surface area contributed by atoms with Gasteiger partial charge in [-0.3, -0.25) is 4.79 Å². The highest BCUT2D eigenvalue weighted by Crippen LogP contribution is 2.39. The SMILES string of the molecule is CCOc1cc2c(cc1/C=C(\C#N)C(=O)Nc1ccc(OC)cc1)OCO2. The van der Waals surface area contributed by atoms with Gasteiger partial charge in [0.05, 0.1) is 13.7 Å². The Kier molecular flexibility index (Phi) is 5.47. The Labute approximate surface area is 156 Å². The van der Waals surface area contributed by atoms with Crippen molar-refractivity contribution in [3.05, 3.63) is 47.5 Å². The number of hydrogen-bond donors (Lipinski definition) is 1. The molecule has 2 aromatic carbocycles. The molecule has 2 aromatic rings. The van der Waals surface area contributed by atoms with Crippen molar-refractivity contribution in [2.24, 2.45) is 0 Å². The summed E-state index contributed by atoms with van der Waals surface area (Å²) in [4.78, 5) is 12.5. The van der Waals surface area contributed by atoms with Crippen LogP contribution in [-0.2, 0) is 4.79 Å². The quantitative estimate of drug-likeness (QED) is 0.623. The van der Waals surface area contributed by atoms with E-state index >= 15 is 0 Å². The Morgan fingerprint density at radius 1 is 1.26 bits per heavy atom. The molecule has 0 saturated heterocycles. The van der Waals surface area contributed by atoms with Crippen molar-refractivity contribution in [2.45, 2.75) is 6.92 Å². The molecule has 0 aromatic heterocycles. The van der Waals surface area contributed by atoms with Crippen LogP contribution in [0.1, 0.15) is 12.5 Å². The summed E-state index contributed by atoms with van der Waals surface area (Å²) in [6.07, 6.45) is 1.46. The molecule has 7 heteroatoms. The summed E-state index contributed by atoms with van der Waals surface area (Å²) in [5.41, 5.74) is 1.05. The first-order valence-electron chi connectivity index (χ1n) is 8.28. The summed E-state index contributed by atoms with van der Waals surface area (Å²) in [5, 5.41) is 12.1. The van der Waals surface area contributed by atoms with Crippen LogP contribution < -0.4 is 24.3 Å². The van der Waals surface area contributed by atoms with E-state index in [-0.39, 0.29) is 12.4 Å². The minimum atomic E-state index is -0.525. The molecule has 27 heavy (non-hydrogen) atoms. The minimum absolute atomic E-state index is 0.0642. The van der Waals surface area contributed by atoms with Crippen molar-refractivity contribution in [3.63, 3.8) is 0 Å². The average molecular weight is 366 g/mol. The number of anilines is 1. The van der Waals surface area contributed by atoms with E-state index in [4.69, 9.17) is 18.9 Å². The number of amides is 1. The van der Waals surface area contributed by atoms with Crippen molar-refractivity contribution >= 4 is 17.7 Å². The standard InChI is InChI=1S/C20H18N2O5/c1-3-25-17-10-19-18(26-12-27-19)9-13(17)8-14(11-21)20(23)22-15-4-6-16(24-2)7-5-15/h4-10H,3,12H2,1-2H3,(H,22,23)/b14-8+. The first-order valence-corrected chi connectivity index (χ1v) is 8.28. The minimum Gasteiger partial charge on any atom is -0.497 e. The molecule has 1 N–H and O–H groups in total. The van der Waals surface area contributed by atoms with E-state index in [9.17, 15) is 10.1 Å². The van der Waals surface area contributed by atoms with Crippen molar-refractivity contribution in [1.29, 1.82) is 5.26 Å². The molecule has 0 atom stereocenters. The third-order valence-corrected chi connectivity index (χ3v) is 3.82. The Bertz CT molecular complexity index is 913. The van der Waals surface area contributed by atoms with Gasteiger partial charge in [-0.1, -0.05) is 0 Å². The number of methoxy groups -OCH3 is 1. The second-order valence-corrected chi connectivity index (χ2v) is 5.53. The zero-order chi connectivity index (χ0) is 19.2. The lowest BCUT2D eigenvalue weighted by Gasteiger charge is -2.10. The van der Waals surface area contributed by atoms with Crippen LogP contribution in [0.2, 0.25) is 0 Å². The molecule has 1 aliphatic heterocycles. The predicted octanol–water partition coefficient (Wildman–Crippen LogP) is 3.37. The largest absolute Gasteiger partial charge is 0.497 e. The number of benzene rings is 2. The van der Waals surface area contributed by atoms with Crippen molar-refractivity contribution in [2.75, 3.05) is 25.8 Å². The zero-order valence-corrected chi connectivity index (χ0v) is 14.9. The lowest BCUT2D eigenvalue weighted by Crippen LogP contribution is -2.13. The van der Waals surface area contributed by atoms with Gasteiger partial charge in [0.15, 0.2) is 11.5 Å². The topological polar surface area (TPSA) is 89.8 Å². The molecule has 1 aliphatic rings. The van der Waals surface area contributed by atoms with Gasteiger partial charge >= 0.3 is 0 Å². The van der Waals surface area contributed by atoms with Gasteiger partial charge in [-0.2, -0.15) is 5.26 Å². The molecule has 7 nitrogen and oxygen atoms in total. The fourth-order valence-electron chi connectivity index (χ4n) is 2.51. The van der Waals surface area contributed by atoms with Crippen LogP contribution in [-0.4, -0.2) is 26.4 Å². The number of carbonyl (C=O) groups excluding carboxylic acids is 1. The van der Waals surface area contributed by atoms with Gasteiger partial charge in [-0.15, -0.1) is 0 Å². The smallest absolute Gasteiger partial charge is 0.266 e. The normalized spacial score (nSPS) is 12.3. The molecule has 1 heterocycles. The molecular formula is C20H18N2O5. The molecule has 0 aliphatic carbocycles. The Balaban J connectivity index is 1.86. The second kappa shape index (κ2) is 8.15. The van der Waals surface area contributed by atoms with Gasteiger partial charge < -0.3 is 24.3 Å². The second-order valence-electron chi connectivity index (χ2n) is 5.53. The average Bonchev–Trinajstić information content (AvgIpc) is 3.14. The van der Waals surface area contributed by atoms with E-state index in [1.165, 1.54) is 6.08 Å². The summed E-state index contributed by atoms with van der Waals surface area (Å²) < 4.78 is 21.4. The predicted molar refractivity (Wildman–Crippen MR) is 98.9 cm³/mol. The highest BCUT2D eigenvalue weighted by molar-refractivity contribution is 6.09. The van der Waals surface area contributed by atoms with E-state index in [0.717, 1.165) is 0 Å². The third-order valence-electron chi connectivity index (χ3n) is 3.82. The highest BCUT2D eigenvalue weighted by Gasteiger charge is 2.19. The molecule has 1 amide bonds. The van der Waals surface area contributed by atoms with Crippen molar-refractivity contribution in [3.8, 4) is 29.1 Å². The maximum atomic E-state index is 12.5. The number of carbonyl (C=O) groups is 1. The van der Waals surface area contributed by atoms with E-state index in [1.807, 2.05) is 13.0 Å². The maximum absolute atomic E-state index is 12.5. The number of hydrogen-bond acceptors (Lipinski definition) is 6. The molecule has 0 bridgehead atoms. The van der Waals surface area contributed by atoms with Crippen LogP contribution in [0.25, 0.3) is 6.08 Å². The fraction of sp³-hybridized carbons (Fsp3) is 0.200. The van der Waals surface area contributed by atoms with Crippen LogP contribution in [0.3, 0.4) is 0 Å². The van der Waals surface area contributed by atoms with Gasteiger partial charge in [-0.25, -0.2) is 0 Å². The van der Waals surface area contributed by atoms with E-state index in [2.05, 4.69) is 5.32 Å². The van der Waals surface area contributed by atoms with Crippen LogP contribution in [0, 0.1) is 11.3 Å². The number of nitriles is 1. The molecule has 0 unspecified atom stereocenters. The number of ether oxygens (including phenoxy) is 4. The molecule has 138 valence electrons. The highest BCUT2D eigenvalue weighted by atomic mass is 16.7. The lowest BCUT2D eigenvalue weighted by atomic mass is 10.1. The fourth-order valence-corrected chi connectivity index (χ4v) is 2.51. The molecule has 0 radical (unpaired) electrons. The Hall–Kier alpha value is -3.66. The van der Waals surface area contributed by atoms with Crippen molar-refractivity contribution < 1.29 is 23.7 Å². The molecule has 3 rings (SSSR count). The summed E-state index contributed by atoms with van der Waals surface area (Å²) in [6.45, 7) is 2.40. The monoisotopic (exact) mass is 366 g/mol. The van der Waals surface area contributed by atoms with Gasteiger partial charge in [0.1, 0.15) is 23.1 Å². The van der Waals surface area contributed by atoms with Crippen LogP contribution in [0.4, 0.5) is 5.69 Å². The van der Waals surface area contributed by atoms with Gasteiger partial charge in [0, 0.05) is 17.3 Å². The Morgan fingerprint density at radius 2 is 1.96 bits per heavy atom. The number of fused-ring (bicyclic) bond motifs is 1. The summed E-state index contributed by atoms with van der Waals surface area (Å²) in [6, 6.07) is 12.1. The van der Waals surface area contributed by atoms with Gasteiger partial charge in [0.25, 0.3) is 5.91 Å². The number of nitrogens with one attached hydrogen (secondary N) is 1. The molecular weight excluding hydrogens is 348 g/mol. The third kappa shape index (κ3) is 4.12. The van der Waals surface area contributed by atoms with Crippen LogP contribution >= 0.6 is 0 Å². The molecule has 0 spiro atoms. The Morgan fingerprint density at radius 3 is 2.59 bits per heavy atom. The first kappa shape index (κ1) is 18.1. The van der Waals surface area contributed by atoms with E-state index in [0.29, 0.717) is 40.9 Å². The van der Waals surface area contributed by atoms with E-state index < -0.39 is 5.91 Å². The number of rotatable bonds is 6.